The number of rotatable bonds is 4. The lowest BCUT2D eigenvalue weighted by molar-refractivity contribution is -0.151. The summed E-state index contributed by atoms with van der Waals surface area (Å²) in [4.78, 5) is 24.4. The maximum absolute atomic E-state index is 12.4. The van der Waals surface area contributed by atoms with Crippen LogP contribution in [0, 0.1) is 5.92 Å². The van der Waals surface area contributed by atoms with Gasteiger partial charge in [-0.05, 0) is 36.2 Å². The number of anilines is 1. The van der Waals surface area contributed by atoms with E-state index in [9.17, 15) is 9.59 Å². The predicted octanol–water partition coefficient (Wildman–Crippen LogP) is 2.47. The number of methoxy groups -OCH3 is 2. The van der Waals surface area contributed by atoms with E-state index in [0.717, 1.165) is 17.0 Å². The average molecular weight is 340 g/mol. The molecule has 3 rings (SSSR count). The number of carbonyl (C=O) groups excluding carboxylic acids is 2. The van der Waals surface area contributed by atoms with Crippen molar-refractivity contribution in [1.82, 2.24) is 5.43 Å². The van der Waals surface area contributed by atoms with Crippen molar-refractivity contribution in [1.29, 1.82) is 0 Å². The highest BCUT2D eigenvalue weighted by atomic mass is 16.5. The normalized spacial score (nSPS) is 19.9. The van der Waals surface area contributed by atoms with Crippen molar-refractivity contribution < 1.29 is 19.1 Å². The fourth-order valence-electron chi connectivity index (χ4n) is 3.00. The maximum Gasteiger partial charge on any atom is 0.318 e. The second-order valence-corrected chi connectivity index (χ2v) is 5.78. The Hall–Kier alpha value is -3.02. The molecule has 1 heterocycles. The molecule has 1 aliphatic heterocycles. The summed E-state index contributed by atoms with van der Waals surface area (Å²) in [5, 5.41) is 1.80. The van der Waals surface area contributed by atoms with Crippen molar-refractivity contribution in [3.05, 3.63) is 60.2 Å². The molecule has 2 aromatic carbocycles. The van der Waals surface area contributed by atoms with Gasteiger partial charge >= 0.3 is 5.97 Å². The minimum Gasteiger partial charge on any atom is -0.497 e. The van der Waals surface area contributed by atoms with Gasteiger partial charge in [0, 0.05) is 0 Å². The Labute approximate surface area is 146 Å². The number of esters is 1. The molecule has 2 unspecified atom stereocenters. The van der Waals surface area contributed by atoms with Gasteiger partial charge in [-0.15, -0.1) is 0 Å². The zero-order chi connectivity index (χ0) is 17.8. The van der Waals surface area contributed by atoms with Crippen LogP contribution in [0.3, 0.4) is 0 Å². The van der Waals surface area contributed by atoms with Crippen molar-refractivity contribution in [3.8, 4) is 5.75 Å². The van der Waals surface area contributed by atoms with Crippen LogP contribution < -0.4 is 15.2 Å². The lowest BCUT2D eigenvalue weighted by Gasteiger charge is -2.40. The van der Waals surface area contributed by atoms with E-state index in [1.165, 1.54) is 7.11 Å². The number of benzene rings is 2. The van der Waals surface area contributed by atoms with Gasteiger partial charge < -0.3 is 9.47 Å². The van der Waals surface area contributed by atoms with Crippen LogP contribution in [-0.2, 0) is 14.3 Å². The summed E-state index contributed by atoms with van der Waals surface area (Å²) in [5.74, 6) is -0.972. The molecule has 1 amide bonds. The first-order valence-electron chi connectivity index (χ1n) is 8.00. The smallest absolute Gasteiger partial charge is 0.318 e. The molecule has 1 saturated heterocycles. The largest absolute Gasteiger partial charge is 0.497 e. The molecule has 0 aliphatic carbocycles. The number of hydrogen-bond donors (Lipinski definition) is 1. The van der Waals surface area contributed by atoms with Gasteiger partial charge in [-0.2, -0.15) is 0 Å². The molecular formula is C19H20N2O4. The average Bonchev–Trinajstić information content (AvgIpc) is 2.68. The third-order valence-electron chi connectivity index (χ3n) is 4.34. The number of amides is 1. The summed E-state index contributed by atoms with van der Waals surface area (Å²) >= 11 is 0. The van der Waals surface area contributed by atoms with Crippen LogP contribution in [0.4, 0.5) is 5.69 Å². The molecule has 0 bridgehead atoms. The topological polar surface area (TPSA) is 67.9 Å². The van der Waals surface area contributed by atoms with E-state index < -0.39 is 11.9 Å². The van der Waals surface area contributed by atoms with Crippen molar-refractivity contribution in [2.45, 2.75) is 12.5 Å². The molecule has 130 valence electrons. The van der Waals surface area contributed by atoms with Crippen LogP contribution in [0.15, 0.2) is 54.6 Å². The first kappa shape index (κ1) is 16.8. The number of nitrogens with one attached hydrogen (secondary N) is 1. The summed E-state index contributed by atoms with van der Waals surface area (Å²) in [6.45, 7) is 0. The van der Waals surface area contributed by atoms with E-state index in [1.54, 1.807) is 12.1 Å². The lowest BCUT2D eigenvalue weighted by atomic mass is 9.91. The van der Waals surface area contributed by atoms with Crippen LogP contribution in [0.2, 0.25) is 0 Å². The fraction of sp³-hybridized carbons (Fsp3) is 0.263. The molecule has 0 saturated carbocycles. The fourth-order valence-corrected chi connectivity index (χ4v) is 3.00. The molecule has 0 spiro atoms. The lowest BCUT2D eigenvalue weighted by Crippen LogP contribution is -2.54. The van der Waals surface area contributed by atoms with Crippen LogP contribution in [0.5, 0.6) is 5.75 Å². The van der Waals surface area contributed by atoms with Crippen molar-refractivity contribution in [3.63, 3.8) is 0 Å². The second-order valence-electron chi connectivity index (χ2n) is 5.78. The summed E-state index contributed by atoms with van der Waals surface area (Å²) in [5.41, 5.74) is 4.66. The number of carbonyl (C=O) groups is 2. The van der Waals surface area contributed by atoms with E-state index in [-0.39, 0.29) is 11.9 Å². The molecule has 1 N–H and O–H groups in total. The van der Waals surface area contributed by atoms with Gasteiger partial charge in [0.15, 0.2) is 0 Å². The molecule has 0 aromatic heterocycles. The van der Waals surface area contributed by atoms with Crippen LogP contribution in [0.25, 0.3) is 0 Å². The highest BCUT2D eigenvalue weighted by molar-refractivity contribution is 5.99. The SMILES string of the molecule is COC(=O)C1CC(c2ccc(OC)cc2)N(c2ccccc2)NC1=O. The standard InChI is InChI=1S/C19H20N2O4/c1-24-15-10-8-13(9-11-15)17-12-16(19(23)25-2)18(22)20-21(17)14-6-4-3-5-7-14/h3-11,16-17H,12H2,1-2H3,(H,20,22). The number of ether oxygens (including phenoxy) is 2. The van der Waals surface area contributed by atoms with E-state index >= 15 is 0 Å². The number of hydrazine groups is 1. The molecule has 1 fully saturated rings. The van der Waals surface area contributed by atoms with Crippen molar-refractivity contribution >= 4 is 17.6 Å². The van der Waals surface area contributed by atoms with E-state index in [0.29, 0.717) is 6.42 Å². The Morgan fingerprint density at radius 3 is 2.36 bits per heavy atom. The van der Waals surface area contributed by atoms with Crippen LogP contribution >= 0.6 is 0 Å². The monoisotopic (exact) mass is 340 g/mol. The number of nitrogens with zero attached hydrogens (tertiary/aromatic N) is 1. The number of para-hydroxylation sites is 1. The van der Waals surface area contributed by atoms with Gasteiger partial charge in [0.05, 0.1) is 25.9 Å². The molecule has 0 radical (unpaired) electrons. The van der Waals surface area contributed by atoms with E-state index in [4.69, 9.17) is 9.47 Å². The van der Waals surface area contributed by atoms with Gasteiger partial charge in [0.2, 0.25) is 0 Å². The van der Waals surface area contributed by atoms with E-state index in [2.05, 4.69) is 5.43 Å². The quantitative estimate of drug-likeness (QED) is 0.684. The first-order valence-corrected chi connectivity index (χ1v) is 8.00. The molecule has 1 aliphatic rings. The number of hydrogen-bond acceptors (Lipinski definition) is 5. The molecule has 2 atom stereocenters. The highest BCUT2D eigenvalue weighted by Gasteiger charge is 2.39. The summed E-state index contributed by atoms with van der Waals surface area (Å²) in [6, 6.07) is 16.9. The Morgan fingerprint density at radius 2 is 1.76 bits per heavy atom. The highest BCUT2D eigenvalue weighted by Crippen LogP contribution is 2.35. The summed E-state index contributed by atoms with van der Waals surface area (Å²) < 4.78 is 9.99. The third kappa shape index (κ3) is 3.42. The van der Waals surface area contributed by atoms with Crippen LogP contribution in [0.1, 0.15) is 18.0 Å². The van der Waals surface area contributed by atoms with E-state index in [1.807, 2.05) is 54.6 Å². The Bertz CT molecular complexity index is 746. The second kappa shape index (κ2) is 7.25. The summed E-state index contributed by atoms with van der Waals surface area (Å²) in [7, 11) is 2.90. The van der Waals surface area contributed by atoms with Crippen LogP contribution in [-0.4, -0.2) is 26.1 Å². The molecule has 2 aromatic rings. The van der Waals surface area contributed by atoms with Gasteiger partial charge in [0.1, 0.15) is 11.7 Å². The zero-order valence-electron chi connectivity index (χ0n) is 14.1. The van der Waals surface area contributed by atoms with Crippen molar-refractivity contribution in [2.75, 3.05) is 19.2 Å². The van der Waals surface area contributed by atoms with Crippen molar-refractivity contribution in [2.24, 2.45) is 5.92 Å². The summed E-state index contributed by atoms with van der Waals surface area (Å²) in [6.07, 6.45) is 0.333. The Kier molecular flexibility index (Phi) is 4.88. The van der Waals surface area contributed by atoms with Gasteiger partial charge in [0.25, 0.3) is 5.91 Å². The zero-order valence-corrected chi connectivity index (χ0v) is 14.1. The molecule has 6 nitrogen and oxygen atoms in total. The minimum absolute atomic E-state index is 0.199. The Morgan fingerprint density at radius 1 is 1.08 bits per heavy atom. The predicted molar refractivity (Wildman–Crippen MR) is 92.9 cm³/mol. The third-order valence-corrected chi connectivity index (χ3v) is 4.34. The minimum atomic E-state index is -0.836. The van der Waals surface area contributed by atoms with Gasteiger partial charge in [-0.25, -0.2) is 0 Å². The molecule has 6 heteroatoms. The first-order chi connectivity index (χ1) is 12.1. The maximum atomic E-state index is 12.4. The molecule has 25 heavy (non-hydrogen) atoms. The van der Waals surface area contributed by atoms with Gasteiger partial charge in [-0.1, -0.05) is 30.3 Å². The molecular weight excluding hydrogens is 320 g/mol. The van der Waals surface area contributed by atoms with Gasteiger partial charge in [-0.3, -0.25) is 20.0 Å². The Balaban J connectivity index is 1.97.